The summed E-state index contributed by atoms with van der Waals surface area (Å²) in [5, 5.41) is 8.61. The molecule has 0 aliphatic rings. The molecule has 1 atom stereocenters. The third kappa shape index (κ3) is 3.25. The van der Waals surface area contributed by atoms with Crippen LogP contribution >= 0.6 is 27.5 Å². The molecule has 0 aliphatic carbocycles. The van der Waals surface area contributed by atoms with Gasteiger partial charge in [-0.1, -0.05) is 30.7 Å². The summed E-state index contributed by atoms with van der Waals surface area (Å²) in [6, 6.07) is 8.36. The van der Waals surface area contributed by atoms with Crippen LogP contribution in [0.3, 0.4) is 0 Å². The van der Waals surface area contributed by atoms with Crippen molar-refractivity contribution >= 4 is 27.5 Å². The molecular formula is C15H19BrClN3. The lowest BCUT2D eigenvalue weighted by Gasteiger charge is -2.18. The number of likely N-dealkylation sites (N-methyl/N-ethyl adjacent to an activating group) is 1. The van der Waals surface area contributed by atoms with E-state index >= 15 is 0 Å². The van der Waals surface area contributed by atoms with Crippen LogP contribution in [0.4, 0.5) is 0 Å². The molecular weight excluding hydrogens is 338 g/mol. The fourth-order valence-corrected chi connectivity index (χ4v) is 2.94. The average molecular weight is 357 g/mol. The van der Waals surface area contributed by atoms with Crippen molar-refractivity contribution in [1.29, 1.82) is 0 Å². The van der Waals surface area contributed by atoms with Crippen LogP contribution in [0.2, 0.25) is 5.02 Å². The Balaban J connectivity index is 2.28. The fourth-order valence-electron chi connectivity index (χ4n) is 2.30. The van der Waals surface area contributed by atoms with Gasteiger partial charge in [0.15, 0.2) is 0 Å². The van der Waals surface area contributed by atoms with Crippen molar-refractivity contribution in [1.82, 2.24) is 15.1 Å². The highest BCUT2D eigenvalue weighted by Gasteiger charge is 2.17. The number of aromatic nitrogens is 2. The molecule has 0 amide bonds. The number of aryl methyl sites for hydroxylation is 2. The highest BCUT2D eigenvalue weighted by atomic mass is 79.9. The van der Waals surface area contributed by atoms with Crippen molar-refractivity contribution in [3.05, 3.63) is 50.7 Å². The van der Waals surface area contributed by atoms with Gasteiger partial charge in [-0.2, -0.15) is 5.10 Å². The maximum atomic E-state index is 6.40. The van der Waals surface area contributed by atoms with Crippen molar-refractivity contribution in [2.24, 2.45) is 7.05 Å². The van der Waals surface area contributed by atoms with Crippen LogP contribution in [0.5, 0.6) is 0 Å². The second-order valence-corrected chi connectivity index (χ2v) is 6.02. The summed E-state index contributed by atoms with van der Waals surface area (Å²) < 4.78 is 2.88. The first-order valence-corrected chi connectivity index (χ1v) is 7.86. The van der Waals surface area contributed by atoms with Gasteiger partial charge in [-0.05, 0) is 47.1 Å². The highest BCUT2D eigenvalue weighted by molar-refractivity contribution is 9.10. The minimum absolute atomic E-state index is 0.167. The molecule has 0 saturated heterocycles. The van der Waals surface area contributed by atoms with E-state index in [1.165, 1.54) is 5.69 Å². The molecule has 0 radical (unpaired) electrons. The lowest BCUT2D eigenvalue weighted by Crippen LogP contribution is -2.20. The van der Waals surface area contributed by atoms with E-state index in [9.17, 15) is 0 Å². The molecule has 1 N–H and O–H groups in total. The van der Waals surface area contributed by atoms with Gasteiger partial charge in [0.05, 0.1) is 10.7 Å². The van der Waals surface area contributed by atoms with Crippen molar-refractivity contribution in [3.8, 4) is 0 Å². The molecule has 3 nitrogen and oxygen atoms in total. The van der Waals surface area contributed by atoms with Gasteiger partial charge in [-0.25, -0.2) is 0 Å². The second-order valence-electron chi connectivity index (χ2n) is 4.79. The van der Waals surface area contributed by atoms with Gasteiger partial charge in [0.2, 0.25) is 0 Å². The zero-order valence-electron chi connectivity index (χ0n) is 12.0. The summed E-state index contributed by atoms with van der Waals surface area (Å²) in [6.07, 6.45) is 1.81. The van der Waals surface area contributed by atoms with Crippen molar-refractivity contribution in [2.45, 2.75) is 25.8 Å². The molecule has 0 fully saturated rings. The summed E-state index contributed by atoms with van der Waals surface area (Å²) in [7, 11) is 3.95. The molecule has 0 saturated carbocycles. The summed E-state index contributed by atoms with van der Waals surface area (Å²) in [5.74, 6) is 0. The molecule has 0 bridgehead atoms. The predicted octanol–water partition coefficient (Wildman–Crippen LogP) is 3.90. The van der Waals surface area contributed by atoms with Gasteiger partial charge in [0.25, 0.3) is 0 Å². The molecule has 5 heteroatoms. The van der Waals surface area contributed by atoms with Crippen LogP contribution < -0.4 is 5.32 Å². The Kier molecular flexibility index (Phi) is 5.24. The molecule has 0 spiro atoms. The molecule has 1 aromatic carbocycles. The van der Waals surface area contributed by atoms with Crippen LogP contribution in [-0.2, 0) is 19.9 Å². The van der Waals surface area contributed by atoms with Gasteiger partial charge < -0.3 is 5.32 Å². The Morgan fingerprint density at radius 1 is 1.45 bits per heavy atom. The third-order valence-corrected chi connectivity index (χ3v) is 4.82. The van der Waals surface area contributed by atoms with E-state index in [-0.39, 0.29) is 6.04 Å². The number of benzene rings is 1. The molecule has 1 aromatic heterocycles. The first kappa shape index (κ1) is 15.5. The SMILES string of the molecule is CCc1cc(CC(NC)c2cccc(Br)c2Cl)n(C)n1. The molecule has 2 aromatic rings. The highest BCUT2D eigenvalue weighted by Crippen LogP contribution is 2.31. The predicted molar refractivity (Wildman–Crippen MR) is 87.2 cm³/mol. The van der Waals surface area contributed by atoms with Crippen molar-refractivity contribution in [3.63, 3.8) is 0 Å². The quantitative estimate of drug-likeness (QED) is 0.880. The van der Waals surface area contributed by atoms with E-state index in [2.05, 4.69) is 45.4 Å². The first-order chi connectivity index (χ1) is 9.56. The Morgan fingerprint density at radius 3 is 2.80 bits per heavy atom. The molecule has 2 rings (SSSR count). The van der Waals surface area contributed by atoms with Crippen molar-refractivity contribution < 1.29 is 0 Å². The van der Waals surface area contributed by atoms with E-state index < -0.39 is 0 Å². The third-order valence-electron chi connectivity index (χ3n) is 3.51. The zero-order chi connectivity index (χ0) is 14.7. The number of rotatable bonds is 5. The van der Waals surface area contributed by atoms with Gasteiger partial charge in [0.1, 0.15) is 0 Å². The fraction of sp³-hybridized carbons (Fsp3) is 0.400. The lowest BCUT2D eigenvalue weighted by molar-refractivity contribution is 0.561. The Labute approximate surface area is 133 Å². The minimum Gasteiger partial charge on any atom is -0.313 e. The van der Waals surface area contributed by atoms with Crippen LogP contribution in [0.25, 0.3) is 0 Å². The summed E-state index contributed by atoms with van der Waals surface area (Å²) >= 11 is 9.88. The lowest BCUT2D eigenvalue weighted by atomic mass is 10.0. The van der Waals surface area contributed by atoms with Crippen LogP contribution in [0, 0.1) is 0 Å². The van der Waals surface area contributed by atoms with Crippen LogP contribution in [0.1, 0.15) is 29.9 Å². The van der Waals surface area contributed by atoms with Gasteiger partial charge in [0, 0.05) is 29.7 Å². The van der Waals surface area contributed by atoms with E-state index in [0.29, 0.717) is 0 Å². The maximum absolute atomic E-state index is 6.40. The summed E-state index contributed by atoms with van der Waals surface area (Å²) in [5.41, 5.74) is 3.43. The summed E-state index contributed by atoms with van der Waals surface area (Å²) in [6.45, 7) is 2.12. The number of nitrogens with one attached hydrogen (secondary N) is 1. The van der Waals surface area contributed by atoms with E-state index in [4.69, 9.17) is 11.6 Å². The largest absolute Gasteiger partial charge is 0.313 e. The first-order valence-electron chi connectivity index (χ1n) is 6.69. The maximum Gasteiger partial charge on any atom is 0.0624 e. The van der Waals surface area contributed by atoms with Gasteiger partial charge in [-0.3, -0.25) is 4.68 Å². The van der Waals surface area contributed by atoms with Gasteiger partial charge in [-0.15, -0.1) is 0 Å². The normalized spacial score (nSPS) is 12.7. The van der Waals surface area contributed by atoms with E-state index in [1.807, 2.05) is 30.9 Å². The molecule has 1 heterocycles. The van der Waals surface area contributed by atoms with Gasteiger partial charge >= 0.3 is 0 Å². The number of hydrogen-bond acceptors (Lipinski definition) is 2. The average Bonchev–Trinajstić information content (AvgIpc) is 2.80. The Morgan fingerprint density at radius 2 is 2.20 bits per heavy atom. The van der Waals surface area contributed by atoms with Crippen LogP contribution in [-0.4, -0.2) is 16.8 Å². The Bertz CT molecular complexity index is 595. The minimum atomic E-state index is 0.167. The monoisotopic (exact) mass is 355 g/mol. The summed E-state index contributed by atoms with van der Waals surface area (Å²) in [4.78, 5) is 0. The second kappa shape index (κ2) is 6.74. The number of halogens is 2. The van der Waals surface area contributed by atoms with E-state index in [1.54, 1.807) is 0 Å². The molecule has 108 valence electrons. The van der Waals surface area contributed by atoms with Crippen LogP contribution in [0.15, 0.2) is 28.7 Å². The number of nitrogens with zero attached hydrogens (tertiary/aromatic N) is 2. The molecule has 20 heavy (non-hydrogen) atoms. The topological polar surface area (TPSA) is 29.9 Å². The number of hydrogen-bond donors (Lipinski definition) is 1. The molecule has 0 aliphatic heterocycles. The Hall–Kier alpha value is -0.840. The standard InChI is InChI=1S/C15H19BrClN3/c1-4-10-8-11(20(3)19-10)9-14(18-2)12-6-5-7-13(16)15(12)17/h5-8,14,18H,4,9H2,1-3H3. The van der Waals surface area contributed by atoms with E-state index in [0.717, 1.165) is 33.6 Å². The molecule has 1 unspecified atom stereocenters. The smallest absolute Gasteiger partial charge is 0.0624 e. The van der Waals surface area contributed by atoms with Crippen molar-refractivity contribution in [2.75, 3.05) is 7.05 Å². The zero-order valence-corrected chi connectivity index (χ0v) is 14.3.